The fourth-order valence-electron chi connectivity index (χ4n) is 0. The van der Waals surface area contributed by atoms with Gasteiger partial charge in [-0.3, -0.25) is 0 Å². The van der Waals surface area contributed by atoms with E-state index < -0.39 is 8.07 Å². The normalized spacial score (nSPS) is 10.8. The third-order valence-electron chi connectivity index (χ3n) is 0.401. The summed E-state index contributed by atoms with van der Waals surface area (Å²) >= 11 is 5.54. The Labute approximate surface area is 73.6 Å². The highest BCUT2D eigenvalue weighted by Gasteiger charge is 2.08. The van der Waals surface area contributed by atoms with Gasteiger partial charge in [-0.2, -0.15) is 0 Å². The van der Waals surface area contributed by atoms with Crippen LogP contribution in [0.1, 0.15) is 0 Å². The van der Waals surface area contributed by atoms with Gasteiger partial charge in [-0.25, -0.2) is 0 Å². The molecule has 0 aliphatic carbocycles. The Hall–Kier alpha value is 0.724. The summed E-state index contributed by atoms with van der Waals surface area (Å²) in [5.41, 5.74) is 0.882. The maximum Gasteiger partial charge on any atom is 0.0609 e. The molecule has 0 spiro atoms. The lowest BCUT2D eigenvalue weighted by Crippen LogP contribution is -2.21. The standard InChI is InChI=1S/C4H11ClSi.C3H10Si/c1-6(2,3)4-5;1-4(2)3/h4H2,1-3H3;4H,1-3H3. The maximum atomic E-state index is 5.54. The van der Waals surface area contributed by atoms with E-state index in [1.54, 1.807) is 0 Å². The zero-order chi connectivity index (χ0) is 8.78. The van der Waals surface area contributed by atoms with E-state index in [2.05, 4.69) is 39.3 Å². The first kappa shape index (κ1) is 13.3. The molecule has 0 unspecified atom stereocenters. The van der Waals surface area contributed by atoms with Crippen molar-refractivity contribution in [3.63, 3.8) is 0 Å². The van der Waals surface area contributed by atoms with Crippen molar-refractivity contribution >= 4 is 28.5 Å². The Bertz CT molecular complexity index is 63.7. The van der Waals surface area contributed by atoms with Crippen molar-refractivity contribution in [3.8, 4) is 0 Å². The zero-order valence-corrected chi connectivity index (χ0v) is 11.1. The Morgan fingerprint density at radius 1 is 1.10 bits per heavy atom. The molecule has 0 saturated heterocycles. The van der Waals surface area contributed by atoms with Crippen LogP contribution in [0.5, 0.6) is 0 Å². The second-order valence-corrected chi connectivity index (χ2v) is 14.1. The summed E-state index contributed by atoms with van der Waals surface area (Å²) in [7, 11) is -1.00. The molecule has 0 nitrogen and oxygen atoms in total. The van der Waals surface area contributed by atoms with Crippen LogP contribution in [0, 0.1) is 0 Å². The first-order chi connectivity index (χ1) is 4.29. The molecule has 0 aliphatic rings. The minimum atomic E-state index is -0.866. The summed E-state index contributed by atoms with van der Waals surface area (Å²) in [6.07, 6.45) is 0. The molecule has 0 bridgehead atoms. The summed E-state index contributed by atoms with van der Waals surface area (Å²) in [5.74, 6) is 0. The highest BCUT2D eigenvalue weighted by molar-refractivity contribution is 6.81. The Morgan fingerprint density at radius 2 is 1.20 bits per heavy atom. The van der Waals surface area contributed by atoms with E-state index in [0.29, 0.717) is 0 Å². The van der Waals surface area contributed by atoms with E-state index in [4.69, 9.17) is 11.6 Å². The molecule has 0 fully saturated rings. The number of halogens is 1. The number of hydrogen-bond donors (Lipinski definition) is 0. The van der Waals surface area contributed by atoms with Crippen LogP contribution in [0.4, 0.5) is 0 Å². The van der Waals surface area contributed by atoms with Crippen LogP contribution in [0.15, 0.2) is 0 Å². The average molecular weight is 197 g/mol. The largest absolute Gasteiger partial charge is 0.130 e. The molecule has 0 rings (SSSR count). The lowest BCUT2D eigenvalue weighted by atomic mass is 11.8. The van der Waals surface area contributed by atoms with Crippen LogP contribution in [-0.4, -0.2) is 22.4 Å². The van der Waals surface area contributed by atoms with Gasteiger partial charge in [0.15, 0.2) is 0 Å². The highest BCUT2D eigenvalue weighted by Crippen LogP contribution is 2.00. The van der Waals surface area contributed by atoms with Crippen LogP contribution >= 0.6 is 11.6 Å². The third-order valence-corrected chi connectivity index (χ3v) is 3.61. The topological polar surface area (TPSA) is 0 Å². The molecule has 0 radical (unpaired) electrons. The van der Waals surface area contributed by atoms with Crippen molar-refractivity contribution in [2.24, 2.45) is 0 Å². The van der Waals surface area contributed by atoms with Crippen LogP contribution in [0.25, 0.3) is 0 Å². The summed E-state index contributed by atoms with van der Waals surface area (Å²) in [6.45, 7) is 13.7. The molecule has 0 aromatic carbocycles. The van der Waals surface area contributed by atoms with Crippen molar-refractivity contribution in [1.82, 2.24) is 0 Å². The van der Waals surface area contributed by atoms with E-state index in [1.165, 1.54) is 0 Å². The van der Waals surface area contributed by atoms with Gasteiger partial charge in [0, 0.05) is 14.3 Å². The molecular formula is C7H21ClSi2. The van der Waals surface area contributed by atoms with E-state index in [9.17, 15) is 0 Å². The van der Waals surface area contributed by atoms with E-state index in [1.807, 2.05) is 0 Å². The molecule has 0 amide bonds. The summed E-state index contributed by atoms with van der Waals surface area (Å²) in [5, 5.41) is 0. The van der Waals surface area contributed by atoms with Gasteiger partial charge in [-0.1, -0.05) is 39.3 Å². The first-order valence-electron chi connectivity index (χ1n) is 3.85. The Morgan fingerprint density at radius 3 is 1.20 bits per heavy atom. The lowest BCUT2D eigenvalue weighted by Gasteiger charge is -2.07. The third kappa shape index (κ3) is 37.5. The molecule has 0 atom stereocenters. The fourth-order valence-corrected chi connectivity index (χ4v) is 0. The lowest BCUT2D eigenvalue weighted by molar-refractivity contribution is 1.67. The summed E-state index contributed by atoms with van der Waals surface area (Å²) < 4.78 is 0. The molecule has 3 heteroatoms. The highest BCUT2D eigenvalue weighted by atomic mass is 35.5. The molecule has 0 N–H and O–H groups in total. The average Bonchev–Trinajstić information content (AvgIpc) is 1.63. The predicted octanol–water partition coefficient (Wildman–Crippen LogP) is 3.21. The van der Waals surface area contributed by atoms with Crippen LogP contribution < -0.4 is 0 Å². The minimum Gasteiger partial charge on any atom is -0.130 e. The number of hydrogen-bond acceptors (Lipinski definition) is 0. The van der Waals surface area contributed by atoms with Crippen LogP contribution in [0.2, 0.25) is 39.3 Å². The quantitative estimate of drug-likeness (QED) is 0.447. The van der Waals surface area contributed by atoms with Gasteiger partial charge in [0.25, 0.3) is 0 Å². The van der Waals surface area contributed by atoms with Crippen molar-refractivity contribution in [1.29, 1.82) is 0 Å². The summed E-state index contributed by atoms with van der Waals surface area (Å²) in [4.78, 5) is 0. The Balaban J connectivity index is 0. The molecule has 10 heavy (non-hydrogen) atoms. The van der Waals surface area contributed by atoms with Crippen molar-refractivity contribution < 1.29 is 0 Å². The molecule has 0 aliphatic heterocycles. The second kappa shape index (κ2) is 6.43. The van der Waals surface area contributed by atoms with Crippen LogP contribution in [-0.2, 0) is 0 Å². The van der Waals surface area contributed by atoms with Gasteiger partial charge in [-0.05, 0) is 0 Å². The van der Waals surface area contributed by atoms with Crippen molar-refractivity contribution in [3.05, 3.63) is 0 Å². The van der Waals surface area contributed by atoms with E-state index in [0.717, 1.165) is 5.50 Å². The van der Waals surface area contributed by atoms with Gasteiger partial charge in [-0.15, -0.1) is 11.6 Å². The second-order valence-electron chi connectivity index (χ2n) is 4.43. The van der Waals surface area contributed by atoms with Crippen LogP contribution in [0.3, 0.4) is 0 Å². The predicted molar refractivity (Wildman–Crippen MR) is 58.8 cm³/mol. The van der Waals surface area contributed by atoms with E-state index in [-0.39, 0.29) is 8.80 Å². The van der Waals surface area contributed by atoms with Gasteiger partial charge in [0.2, 0.25) is 0 Å². The molecule has 0 aromatic rings. The summed E-state index contributed by atoms with van der Waals surface area (Å²) in [6, 6.07) is 0. The molecule has 64 valence electrons. The monoisotopic (exact) mass is 196 g/mol. The van der Waals surface area contributed by atoms with Gasteiger partial charge in [0.1, 0.15) is 0 Å². The SMILES string of the molecule is C[SiH](C)C.C[Si](C)(C)CCl. The zero-order valence-electron chi connectivity index (χ0n) is 8.16. The number of alkyl halides is 1. The smallest absolute Gasteiger partial charge is 0.0609 e. The van der Waals surface area contributed by atoms with Crippen molar-refractivity contribution in [2.45, 2.75) is 39.3 Å². The minimum absolute atomic E-state index is 0.139. The Kier molecular flexibility index (Phi) is 8.57. The van der Waals surface area contributed by atoms with E-state index >= 15 is 0 Å². The molecule has 0 saturated carbocycles. The first-order valence-corrected chi connectivity index (χ1v) is 11.6. The fraction of sp³-hybridized carbons (Fsp3) is 1.00. The molecular weight excluding hydrogens is 176 g/mol. The maximum absolute atomic E-state index is 5.54. The molecule has 0 aromatic heterocycles. The van der Waals surface area contributed by atoms with Crippen molar-refractivity contribution in [2.75, 3.05) is 5.50 Å². The van der Waals surface area contributed by atoms with Gasteiger partial charge < -0.3 is 0 Å². The molecule has 0 heterocycles. The van der Waals surface area contributed by atoms with Gasteiger partial charge >= 0.3 is 0 Å². The van der Waals surface area contributed by atoms with Gasteiger partial charge in [0.05, 0.1) is 8.07 Å². The number of rotatable bonds is 1.